The molecule has 1 unspecified atom stereocenters. The van der Waals surface area contributed by atoms with Gasteiger partial charge < -0.3 is 0 Å². The normalized spacial score (nSPS) is 13.7. The van der Waals surface area contributed by atoms with Crippen LogP contribution >= 0.6 is 0 Å². The highest BCUT2D eigenvalue weighted by Crippen LogP contribution is 2.35. The van der Waals surface area contributed by atoms with Gasteiger partial charge in [0.25, 0.3) is 0 Å². The average Bonchev–Trinajstić information content (AvgIpc) is 2.26. The minimum absolute atomic E-state index is 0.591. The van der Waals surface area contributed by atoms with Gasteiger partial charge in [-0.05, 0) is 19.1 Å². The molecule has 0 fully saturated rings. The molecule has 18 heavy (non-hydrogen) atoms. The summed E-state index contributed by atoms with van der Waals surface area (Å²) >= 11 is 0. The van der Waals surface area contributed by atoms with Gasteiger partial charge in [0.05, 0.1) is 17.3 Å². The number of anilines is 1. The third kappa shape index (κ3) is 3.13. The van der Waals surface area contributed by atoms with Gasteiger partial charge in [0, 0.05) is 0 Å². The minimum atomic E-state index is -4.67. The zero-order valence-electron chi connectivity index (χ0n) is 9.19. The van der Waals surface area contributed by atoms with E-state index in [0.717, 1.165) is 25.1 Å². The van der Waals surface area contributed by atoms with Crippen molar-refractivity contribution in [3.8, 4) is 6.07 Å². The molecule has 0 aromatic heterocycles. The van der Waals surface area contributed by atoms with E-state index >= 15 is 0 Å². The molecule has 0 aliphatic heterocycles. The van der Waals surface area contributed by atoms with Crippen molar-refractivity contribution in [3.05, 3.63) is 29.8 Å². The molecule has 0 spiro atoms. The summed E-state index contributed by atoms with van der Waals surface area (Å²) in [5.74, 6) is 0. The van der Waals surface area contributed by atoms with Crippen LogP contribution in [0.4, 0.5) is 18.9 Å². The summed E-state index contributed by atoms with van der Waals surface area (Å²) in [5, 5.41) is 7.04. The number of nitrogens with one attached hydrogen (secondary N) is 1. The molecule has 1 rings (SSSR count). The van der Waals surface area contributed by atoms with Gasteiger partial charge in [-0.3, -0.25) is 4.72 Å². The molecule has 1 atom stereocenters. The van der Waals surface area contributed by atoms with E-state index in [1.807, 2.05) is 0 Å². The topological polar surface area (TPSA) is 70.0 Å². The standard InChI is InChI=1S/C10H9F3N2O2S/c1-7(6-14)18(16,17)15-9-5-3-2-4-8(9)10(11,12)13/h2-5,7,15H,1H3. The fraction of sp³-hybridized carbons (Fsp3) is 0.300. The van der Waals surface area contributed by atoms with Crippen LogP contribution < -0.4 is 4.72 Å². The number of hydrogen-bond donors (Lipinski definition) is 1. The molecule has 4 nitrogen and oxygen atoms in total. The smallest absolute Gasteiger partial charge is 0.282 e. The van der Waals surface area contributed by atoms with Gasteiger partial charge in [-0.25, -0.2) is 8.42 Å². The monoisotopic (exact) mass is 278 g/mol. The Bertz CT molecular complexity index is 576. The number of hydrogen-bond acceptors (Lipinski definition) is 3. The van der Waals surface area contributed by atoms with E-state index in [4.69, 9.17) is 5.26 Å². The van der Waals surface area contributed by atoms with Gasteiger partial charge in [-0.1, -0.05) is 12.1 Å². The maximum atomic E-state index is 12.6. The van der Waals surface area contributed by atoms with Gasteiger partial charge in [0.15, 0.2) is 5.25 Å². The fourth-order valence-corrected chi connectivity index (χ4v) is 1.93. The van der Waals surface area contributed by atoms with Crippen LogP contribution in [0.2, 0.25) is 0 Å². The lowest BCUT2D eigenvalue weighted by Gasteiger charge is -2.15. The predicted molar refractivity (Wildman–Crippen MR) is 59.1 cm³/mol. The van der Waals surface area contributed by atoms with Crippen LogP contribution in [0.25, 0.3) is 0 Å². The molecule has 8 heteroatoms. The maximum absolute atomic E-state index is 12.6. The van der Waals surface area contributed by atoms with E-state index in [1.165, 1.54) is 12.1 Å². The van der Waals surface area contributed by atoms with E-state index in [2.05, 4.69) is 0 Å². The molecule has 0 bridgehead atoms. The Hall–Kier alpha value is -1.75. The Morgan fingerprint density at radius 1 is 1.33 bits per heavy atom. The Morgan fingerprint density at radius 2 is 1.89 bits per heavy atom. The molecule has 0 aliphatic carbocycles. The maximum Gasteiger partial charge on any atom is 0.418 e. The highest BCUT2D eigenvalue weighted by Gasteiger charge is 2.34. The summed E-state index contributed by atoms with van der Waals surface area (Å²) in [5.41, 5.74) is -1.69. The van der Waals surface area contributed by atoms with Crippen molar-refractivity contribution in [2.45, 2.75) is 18.3 Å². The summed E-state index contributed by atoms with van der Waals surface area (Å²) in [7, 11) is -4.16. The van der Waals surface area contributed by atoms with E-state index < -0.39 is 32.7 Å². The van der Waals surface area contributed by atoms with Crippen LogP contribution in [-0.2, 0) is 16.2 Å². The molecule has 0 saturated heterocycles. The zero-order chi connectivity index (χ0) is 14.0. The molecule has 0 amide bonds. The van der Waals surface area contributed by atoms with Gasteiger partial charge >= 0.3 is 6.18 Å². The Labute approximate surface area is 102 Å². The van der Waals surface area contributed by atoms with Gasteiger partial charge in [0.1, 0.15) is 0 Å². The summed E-state index contributed by atoms with van der Waals surface area (Å²) in [6.45, 7) is 1.08. The number of nitrogens with zero attached hydrogens (tertiary/aromatic N) is 1. The SMILES string of the molecule is CC(C#N)S(=O)(=O)Nc1ccccc1C(F)(F)F. The van der Waals surface area contributed by atoms with E-state index in [1.54, 1.807) is 4.72 Å². The van der Waals surface area contributed by atoms with Crippen molar-refractivity contribution in [1.82, 2.24) is 0 Å². The van der Waals surface area contributed by atoms with E-state index in [-0.39, 0.29) is 0 Å². The van der Waals surface area contributed by atoms with Crippen molar-refractivity contribution in [3.63, 3.8) is 0 Å². The second-order valence-electron chi connectivity index (χ2n) is 3.46. The Balaban J connectivity index is 3.19. The minimum Gasteiger partial charge on any atom is -0.282 e. The molecule has 1 aromatic carbocycles. The Kier molecular flexibility index (Phi) is 3.86. The Morgan fingerprint density at radius 3 is 2.39 bits per heavy atom. The number of rotatable bonds is 3. The second kappa shape index (κ2) is 4.86. The molecule has 1 N–H and O–H groups in total. The van der Waals surface area contributed by atoms with Gasteiger partial charge in [-0.15, -0.1) is 0 Å². The third-order valence-corrected chi connectivity index (χ3v) is 3.67. The summed E-state index contributed by atoms with van der Waals surface area (Å²) in [6, 6.07) is 5.62. The van der Waals surface area contributed by atoms with Crippen molar-refractivity contribution in [2.75, 3.05) is 4.72 Å². The highest BCUT2D eigenvalue weighted by atomic mass is 32.2. The summed E-state index contributed by atoms with van der Waals surface area (Å²) in [4.78, 5) is 0. The van der Waals surface area contributed by atoms with Crippen LogP contribution in [-0.4, -0.2) is 13.7 Å². The van der Waals surface area contributed by atoms with E-state index in [0.29, 0.717) is 0 Å². The molecular formula is C10H9F3N2O2S. The zero-order valence-corrected chi connectivity index (χ0v) is 10.0. The molecule has 0 radical (unpaired) electrons. The first-order chi connectivity index (χ1) is 8.18. The lowest BCUT2D eigenvalue weighted by atomic mass is 10.2. The van der Waals surface area contributed by atoms with Crippen molar-refractivity contribution >= 4 is 15.7 Å². The second-order valence-corrected chi connectivity index (χ2v) is 5.46. The number of nitriles is 1. The number of benzene rings is 1. The van der Waals surface area contributed by atoms with Gasteiger partial charge in [-0.2, -0.15) is 18.4 Å². The molecule has 0 heterocycles. The van der Waals surface area contributed by atoms with Crippen LogP contribution in [0, 0.1) is 11.3 Å². The first-order valence-corrected chi connectivity index (χ1v) is 6.30. The van der Waals surface area contributed by atoms with Crippen LogP contribution in [0.1, 0.15) is 12.5 Å². The predicted octanol–water partition coefficient (Wildman–Crippen LogP) is 2.36. The van der Waals surface area contributed by atoms with Crippen molar-refractivity contribution in [1.29, 1.82) is 5.26 Å². The van der Waals surface area contributed by atoms with E-state index in [9.17, 15) is 21.6 Å². The van der Waals surface area contributed by atoms with Crippen LogP contribution in [0.15, 0.2) is 24.3 Å². The number of halogens is 3. The number of para-hydroxylation sites is 1. The number of alkyl halides is 3. The first kappa shape index (κ1) is 14.3. The molecule has 0 saturated carbocycles. The third-order valence-electron chi connectivity index (χ3n) is 2.13. The van der Waals surface area contributed by atoms with Crippen LogP contribution in [0.3, 0.4) is 0 Å². The highest BCUT2D eigenvalue weighted by molar-refractivity contribution is 7.93. The molecule has 98 valence electrons. The fourth-order valence-electron chi connectivity index (χ4n) is 1.13. The first-order valence-electron chi connectivity index (χ1n) is 4.76. The lowest BCUT2D eigenvalue weighted by molar-refractivity contribution is -0.136. The summed E-state index contributed by atoms with van der Waals surface area (Å²) in [6.07, 6.45) is -4.67. The average molecular weight is 278 g/mol. The lowest BCUT2D eigenvalue weighted by Crippen LogP contribution is -2.25. The van der Waals surface area contributed by atoms with Gasteiger partial charge in [0.2, 0.25) is 10.0 Å². The van der Waals surface area contributed by atoms with Crippen molar-refractivity contribution in [2.24, 2.45) is 0 Å². The molecular weight excluding hydrogens is 269 g/mol. The number of sulfonamides is 1. The quantitative estimate of drug-likeness (QED) is 0.922. The van der Waals surface area contributed by atoms with Crippen molar-refractivity contribution < 1.29 is 21.6 Å². The summed E-state index contributed by atoms with van der Waals surface area (Å²) < 4.78 is 62.6. The molecule has 0 aliphatic rings. The molecule has 1 aromatic rings. The largest absolute Gasteiger partial charge is 0.418 e. The van der Waals surface area contributed by atoms with Crippen LogP contribution in [0.5, 0.6) is 0 Å².